The zero-order chi connectivity index (χ0) is 15.1. The van der Waals surface area contributed by atoms with E-state index < -0.39 is 0 Å². The molecule has 0 aromatic heterocycles. The van der Waals surface area contributed by atoms with Gasteiger partial charge in [0.05, 0.1) is 0 Å². The number of rotatable bonds is 1. The molecule has 4 rings (SSSR count). The molecular weight excluding hydrogens is 359 g/mol. The summed E-state index contributed by atoms with van der Waals surface area (Å²) in [5.74, 6) is 0.109. The third-order valence-corrected chi connectivity index (χ3v) is 5.17. The Bertz CT molecular complexity index is 751. The predicted molar refractivity (Wildman–Crippen MR) is 93.7 cm³/mol. The summed E-state index contributed by atoms with van der Waals surface area (Å²) in [5.41, 5.74) is 6.79. The average molecular weight is 375 g/mol. The van der Waals surface area contributed by atoms with Gasteiger partial charge in [-0.1, -0.05) is 52.4 Å². The van der Waals surface area contributed by atoms with Crippen molar-refractivity contribution in [3.05, 3.63) is 63.1 Å². The summed E-state index contributed by atoms with van der Waals surface area (Å²) in [7, 11) is 0. The molecule has 2 aromatic rings. The van der Waals surface area contributed by atoms with Crippen molar-refractivity contribution in [3.8, 4) is 16.9 Å². The Kier molecular flexibility index (Phi) is 5.17. The third-order valence-electron chi connectivity index (χ3n) is 4.52. The first kappa shape index (κ1) is 17.0. The number of hydrogen-bond donors (Lipinski definition) is 0. The molecule has 0 heterocycles. The van der Waals surface area contributed by atoms with Crippen molar-refractivity contribution < 1.29 is 34.7 Å². The van der Waals surface area contributed by atoms with E-state index in [0.29, 0.717) is 0 Å². The molecule has 0 radical (unpaired) electrons. The topological polar surface area (TPSA) is 23.1 Å². The molecule has 0 saturated heterocycles. The SMILES string of the molecule is [Na+].[O-]c1cc2c(cc1-c1cc3c(cc1Br)C=CCC3)CCC=C2. The minimum atomic E-state index is 0. The van der Waals surface area contributed by atoms with Crippen molar-refractivity contribution in [2.45, 2.75) is 25.7 Å². The molecule has 0 spiro atoms. The second-order valence-electron chi connectivity index (χ2n) is 5.96. The van der Waals surface area contributed by atoms with Crippen LogP contribution in [0.4, 0.5) is 0 Å². The Morgan fingerprint density at radius 1 is 0.783 bits per heavy atom. The van der Waals surface area contributed by atoms with Crippen molar-refractivity contribution in [2.24, 2.45) is 0 Å². The van der Waals surface area contributed by atoms with Crippen molar-refractivity contribution in [3.63, 3.8) is 0 Å². The van der Waals surface area contributed by atoms with Gasteiger partial charge in [0.15, 0.2) is 0 Å². The van der Waals surface area contributed by atoms with Gasteiger partial charge in [0.1, 0.15) is 0 Å². The Morgan fingerprint density at radius 3 is 2.00 bits per heavy atom. The number of allylic oxidation sites excluding steroid dienone is 2. The van der Waals surface area contributed by atoms with Gasteiger partial charge in [0.2, 0.25) is 0 Å². The first-order valence-corrected chi connectivity index (χ1v) is 8.51. The van der Waals surface area contributed by atoms with Gasteiger partial charge in [0.25, 0.3) is 0 Å². The molecule has 2 aromatic carbocycles. The normalized spacial score (nSPS) is 14.8. The van der Waals surface area contributed by atoms with Gasteiger partial charge in [-0.15, -0.1) is 5.75 Å². The van der Waals surface area contributed by atoms with Gasteiger partial charge in [0, 0.05) is 4.47 Å². The van der Waals surface area contributed by atoms with Gasteiger partial charge in [-0.2, -0.15) is 0 Å². The molecule has 0 saturated carbocycles. The predicted octanol–water partition coefficient (Wildman–Crippen LogP) is 2.11. The minimum Gasteiger partial charge on any atom is -0.872 e. The average Bonchev–Trinajstić information content (AvgIpc) is 2.54. The number of halogens is 1. The van der Waals surface area contributed by atoms with E-state index >= 15 is 0 Å². The molecule has 23 heavy (non-hydrogen) atoms. The fourth-order valence-electron chi connectivity index (χ4n) is 3.33. The van der Waals surface area contributed by atoms with Crippen LogP contribution in [0.15, 0.2) is 40.9 Å². The second-order valence-corrected chi connectivity index (χ2v) is 6.81. The van der Waals surface area contributed by atoms with E-state index in [2.05, 4.69) is 58.4 Å². The Balaban J connectivity index is 0.00000156. The Hall–Kier alpha value is -0.800. The maximum absolute atomic E-state index is 12.5. The number of hydrogen-bond acceptors (Lipinski definition) is 1. The maximum atomic E-state index is 12.5. The smallest absolute Gasteiger partial charge is 0.872 e. The molecule has 0 atom stereocenters. The maximum Gasteiger partial charge on any atom is 1.00 e. The molecule has 0 bridgehead atoms. The van der Waals surface area contributed by atoms with E-state index in [1.54, 1.807) is 6.07 Å². The van der Waals surface area contributed by atoms with Crippen LogP contribution in [0.3, 0.4) is 0 Å². The molecule has 0 fully saturated rings. The van der Waals surface area contributed by atoms with Crippen LogP contribution in [0.5, 0.6) is 5.75 Å². The second kappa shape index (κ2) is 6.98. The van der Waals surface area contributed by atoms with E-state index in [9.17, 15) is 5.11 Å². The van der Waals surface area contributed by atoms with Crippen molar-refractivity contribution in [1.82, 2.24) is 0 Å². The zero-order valence-corrected chi connectivity index (χ0v) is 16.8. The van der Waals surface area contributed by atoms with E-state index in [4.69, 9.17) is 0 Å². The number of aryl methyl sites for hydroxylation is 2. The molecule has 0 aliphatic heterocycles. The molecule has 1 nitrogen and oxygen atoms in total. The van der Waals surface area contributed by atoms with Crippen LogP contribution in [0.1, 0.15) is 35.1 Å². The Morgan fingerprint density at radius 2 is 1.35 bits per heavy atom. The number of fused-ring (bicyclic) bond motifs is 2. The van der Waals surface area contributed by atoms with Crippen LogP contribution in [0.25, 0.3) is 23.3 Å². The zero-order valence-electron chi connectivity index (χ0n) is 13.2. The summed E-state index contributed by atoms with van der Waals surface area (Å²) in [6.07, 6.45) is 12.8. The summed E-state index contributed by atoms with van der Waals surface area (Å²) >= 11 is 3.66. The first-order chi connectivity index (χ1) is 10.7. The van der Waals surface area contributed by atoms with Crippen LogP contribution in [0, 0.1) is 0 Å². The van der Waals surface area contributed by atoms with Crippen LogP contribution < -0.4 is 34.7 Å². The summed E-state index contributed by atoms with van der Waals surface area (Å²) < 4.78 is 1.00. The van der Waals surface area contributed by atoms with Gasteiger partial charge in [-0.05, 0) is 71.2 Å². The van der Waals surface area contributed by atoms with Crippen LogP contribution >= 0.6 is 15.9 Å². The van der Waals surface area contributed by atoms with Crippen molar-refractivity contribution in [2.75, 3.05) is 0 Å². The van der Waals surface area contributed by atoms with E-state index in [0.717, 1.165) is 46.8 Å². The summed E-state index contributed by atoms with van der Waals surface area (Å²) in [6.45, 7) is 0. The standard InChI is InChI=1S/C20H17BrO.Na/c21-19-11-15-7-3-1-5-13(15)9-17(19)18-10-14-6-2-4-8-16(14)12-20(18)22;/h3-4,7-12,22H,1-2,5-6H2;/q;+1/p-1. The molecule has 0 amide bonds. The third kappa shape index (κ3) is 3.23. The van der Waals surface area contributed by atoms with Gasteiger partial charge in [-0.3, -0.25) is 0 Å². The minimum absolute atomic E-state index is 0. The van der Waals surface area contributed by atoms with Crippen LogP contribution in [-0.4, -0.2) is 0 Å². The summed E-state index contributed by atoms with van der Waals surface area (Å²) in [5, 5.41) is 12.5. The van der Waals surface area contributed by atoms with Gasteiger partial charge in [-0.25, -0.2) is 0 Å². The van der Waals surface area contributed by atoms with Crippen LogP contribution in [-0.2, 0) is 12.8 Å². The molecule has 110 valence electrons. The monoisotopic (exact) mass is 374 g/mol. The summed E-state index contributed by atoms with van der Waals surface area (Å²) in [6, 6.07) is 8.20. The van der Waals surface area contributed by atoms with E-state index in [1.807, 2.05) is 0 Å². The number of benzene rings is 2. The van der Waals surface area contributed by atoms with Crippen molar-refractivity contribution in [1.29, 1.82) is 0 Å². The van der Waals surface area contributed by atoms with E-state index in [1.165, 1.54) is 16.7 Å². The summed E-state index contributed by atoms with van der Waals surface area (Å²) in [4.78, 5) is 0. The van der Waals surface area contributed by atoms with Gasteiger partial charge >= 0.3 is 29.6 Å². The van der Waals surface area contributed by atoms with E-state index in [-0.39, 0.29) is 35.3 Å². The quantitative estimate of drug-likeness (QED) is 0.701. The molecular formula is C20H16BrNaO. The molecule has 3 heteroatoms. The fourth-order valence-corrected chi connectivity index (χ4v) is 3.91. The largest absolute Gasteiger partial charge is 1.00 e. The van der Waals surface area contributed by atoms with Crippen LogP contribution in [0.2, 0.25) is 0 Å². The molecule has 2 aliphatic carbocycles. The molecule has 0 N–H and O–H groups in total. The molecule has 2 aliphatic rings. The van der Waals surface area contributed by atoms with Crippen molar-refractivity contribution >= 4 is 28.1 Å². The first-order valence-electron chi connectivity index (χ1n) is 7.72. The Labute approximate surface area is 167 Å². The fraction of sp³-hybridized carbons (Fsp3) is 0.200. The molecule has 0 unspecified atom stereocenters. The van der Waals surface area contributed by atoms with Gasteiger partial charge < -0.3 is 5.11 Å².